The van der Waals surface area contributed by atoms with Crippen LogP contribution < -0.4 is 10.0 Å². The van der Waals surface area contributed by atoms with Crippen molar-refractivity contribution in [3.8, 4) is 0 Å². The zero-order valence-corrected chi connectivity index (χ0v) is 9.86. The second-order valence-electron chi connectivity index (χ2n) is 3.01. The van der Waals surface area contributed by atoms with Gasteiger partial charge in [-0.3, -0.25) is 0 Å². The number of anilines is 1. The molecule has 0 unspecified atom stereocenters. The van der Waals surface area contributed by atoms with Gasteiger partial charge in [0.25, 0.3) is 0 Å². The number of nitrogens with zero attached hydrogens (tertiary/aromatic N) is 2. The summed E-state index contributed by atoms with van der Waals surface area (Å²) < 4.78 is 24.4. The molecule has 1 rings (SSSR count). The molecule has 9 heteroatoms. The van der Waals surface area contributed by atoms with Crippen LogP contribution in [0.2, 0.25) is 0 Å². The van der Waals surface area contributed by atoms with E-state index in [2.05, 4.69) is 20.0 Å². The van der Waals surface area contributed by atoms with Crippen molar-refractivity contribution in [3.63, 3.8) is 0 Å². The van der Waals surface area contributed by atoms with Gasteiger partial charge in [0.15, 0.2) is 11.5 Å². The fourth-order valence-electron chi connectivity index (χ4n) is 1.03. The lowest BCUT2D eigenvalue weighted by Gasteiger charge is -2.07. The Kier molecular flexibility index (Phi) is 4.35. The number of carbonyl (C=O) groups is 1. The molecule has 8 nitrogen and oxygen atoms in total. The fourth-order valence-corrected chi connectivity index (χ4v) is 1.60. The van der Waals surface area contributed by atoms with Crippen LogP contribution >= 0.6 is 0 Å². The van der Waals surface area contributed by atoms with E-state index < -0.39 is 16.0 Å². The number of hydrogen-bond donors (Lipinski definition) is 3. The van der Waals surface area contributed by atoms with Crippen LogP contribution in [-0.2, 0) is 10.0 Å². The maximum Gasteiger partial charge on any atom is 0.358 e. The molecule has 0 aliphatic carbocycles. The highest BCUT2D eigenvalue weighted by molar-refractivity contribution is 7.89. The van der Waals surface area contributed by atoms with E-state index in [1.807, 2.05) is 0 Å². The lowest BCUT2D eigenvalue weighted by atomic mass is 10.4. The van der Waals surface area contributed by atoms with Crippen molar-refractivity contribution in [2.24, 2.45) is 0 Å². The molecule has 0 bridgehead atoms. The third-order valence-corrected chi connectivity index (χ3v) is 3.24. The normalized spacial score (nSPS) is 11.1. The molecule has 0 amide bonds. The van der Waals surface area contributed by atoms with Crippen molar-refractivity contribution in [1.29, 1.82) is 0 Å². The van der Waals surface area contributed by atoms with Gasteiger partial charge in [-0.2, -0.15) is 0 Å². The summed E-state index contributed by atoms with van der Waals surface area (Å²) in [5, 5.41) is 11.4. The summed E-state index contributed by atoms with van der Waals surface area (Å²) >= 11 is 0. The van der Waals surface area contributed by atoms with Crippen LogP contribution in [0.25, 0.3) is 0 Å². The van der Waals surface area contributed by atoms with Crippen molar-refractivity contribution in [3.05, 3.63) is 18.1 Å². The largest absolute Gasteiger partial charge is 0.476 e. The minimum atomic E-state index is -3.33. The Morgan fingerprint density at radius 1 is 1.41 bits per heavy atom. The molecule has 17 heavy (non-hydrogen) atoms. The van der Waals surface area contributed by atoms with Crippen molar-refractivity contribution < 1.29 is 18.3 Å². The molecule has 0 aliphatic rings. The van der Waals surface area contributed by atoms with Gasteiger partial charge in [0, 0.05) is 18.9 Å². The second kappa shape index (κ2) is 5.55. The van der Waals surface area contributed by atoms with E-state index in [1.54, 1.807) is 0 Å². The molecule has 0 aromatic carbocycles. The Hall–Kier alpha value is -1.74. The first-order valence-corrected chi connectivity index (χ1v) is 6.31. The standard InChI is InChI=1S/C8H12N4O4S/c1-9-17(15,16)5-4-12-7-6(8(13)14)10-2-3-11-7/h2-3,9H,4-5H2,1H3,(H,11,12)(H,13,14). The topological polar surface area (TPSA) is 121 Å². The summed E-state index contributed by atoms with van der Waals surface area (Å²) in [7, 11) is -2.02. The summed E-state index contributed by atoms with van der Waals surface area (Å²) in [6.07, 6.45) is 2.57. The van der Waals surface area contributed by atoms with E-state index in [0.29, 0.717) is 0 Å². The van der Waals surface area contributed by atoms with Crippen LogP contribution in [0.3, 0.4) is 0 Å². The quantitative estimate of drug-likeness (QED) is 0.608. The number of rotatable bonds is 6. The minimum absolute atomic E-state index is 0.0438. The van der Waals surface area contributed by atoms with Crippen molar-refractivity contribution in [2.75, 3.05) is 24.7 Å². The minimum Gasteiger partial charge on any atom is -0.476 e. The van der Waals surface area contributed by atoms with Crippen LogP contribution in [0.4, 0.5) is 5.82 Å². The van der Waals surface area contributed by atoms with E-state index in [-0.39, 0.29) is 23.8 Å². The average molecular weight is 260 g/mol. The lowest BCUT2D eigenvalue weighted by Crippen LogP contribution is -2.26. The maximum atomic E-state index is 11.1. The smallest absolute Gasteiger partial charge is 0.358 e. The first kappa shape index (κ1) is 13.3. The summed E-state index contributed by atoms with van der Waals surface area (Å²) in [5.41, 5.74) is -0.241. The number of nitrogens with one attached hydrogen (secondary N) is 2. The Bertz CT molecular complexity index is 502. The molecule has 0 aliphatic heterocycles. The van der Waals surface area contributed by atoms with Gasteiger partial charge in [-0.05, 0) is 7.05 Å². The van der Waals surface area contributed by atoms with Gasteiger partial charge < -0.3 is 10.4 Å². The molecular formula is C8H12N4O4S. The molecule has 0 fully saturated rings. The molecule has 0 spiro atoms. The maximum absolute atomic E-state index is 11.1. The average Bonchev–Trinajstić information content (AvgIpc) is 2.29. The molecule has 0 saturated heterocycles. The predicted molar refractivity (Wildman–Crippen MR) is 60.3 cm³/mol. The predicted octanol–water partition coefficient (Wildman–Crippen LogP) is -0.864. The summed E-state index contributed by atoms with van der Waals surface area (Å²) in [4.78, 5) is 18.2. The van der Waals surface area contributed by atoms with Crippen LogP contribution in [0.15, 0.2) is 12.4 Å². The first-order valence-electron chi connectivity index (χ1n) is 4.65. The number of carboxylic acid groups (broad SMARTS) is 1. The molecule has 1 aromatic rings. The molecule has 1 aromatic heterocycles. The van der Waals surface area contributed by atoms with E-state index in [0.717, 1.165) is 0 Å². The van der Waals surface area contributed by atoms with E-state index >= 15 is 0 Å². The van der Waals surface area contributed by atoms with Gasteiger partial charge >= 0.3 is 5.97 Å². The second-order valence-corrected chi connectivity index (χ2v) is 5.05. The summed E-state index contributed by atoms with van der Waals surface area (Å²) in [6.45, 7) is 0.0438. The van der Waals surface area contributed by atoms with E-state index in [9.17, 15) is 13.2 Å². The number of hydrogen-bond acceptors (Lipinski definition) is 6. The van der Waals surface area contributed by atoms with E-state index in [1.165, 1.54) is 19.4 Å². The van der Waals surface area contributed by atoms with Crippen LogP contribution in [-0.4, -0.2) is 48.8 Å². The third kappa shape index (κ3) is 3.96. The Labute approximate surface area is 98.1 Å². The van der Waals surface area contributed by atoms with Gasteiger partial charge in [0.05, 0.1) is 5.75 Å². The van der Waals surface area contributed by atoms with Gasteiger partial charge in [0.1, 0.15) is 0 Å². The monoisotopic (exact) mass is 260 g/mol. The highest BCUT2D eigenvalue weighted by Gasteiger charge is 2.13. The third-order valence-electron chi connectivity index (χ3n) is 1.88. The first-order chi connectivity index (χ1) is 7.96. The Morgan fingerprint density at radius 2 is 2.06 bits per heavy atom. The number of carboxylic acids is 1. The molecule has 94 valence electrons. The fraction of sp³-hybridized carbons (Fsp3) is 0.375. The molecule has 0 atom stereocenters. The molecular weight excluding hydrogens is 248 g/mol. The molecule has 0 radical (unpaired) electrons. The zero-order valence-electron chi connectivity index (χ0n) is 9.04. The zero-order chi connectivity index (χ0) is 12.9. The Balaban J connectivity index is 2.67. The van der Waals surface area contributed by atoms with Gasteiger partial charge in [-0.1, -0.05) is 0 Å². The van der Waals surface area contributed by atoms with Crippen LogP contribution in [0, 0.1) is 0 Å². The highest BCUT2D eigenvalue weighted by Crippen LogP contribution is 2.07. The number of sulfonamides is 1. The molecule has 3 N–H and O–H groups in total. The lowest BCUT2D eigenvalue weighted by molar-refractivity contribution is 0.0691. The molecule has 1 heterocycles. The number of aromatic carboxylic acids is 1. The number of aromatic nitrogens is 2. The van der Waals surface area contributed by atoms with Gasteiger partial charge in [-0.25, -0.2) is 27.9 Å². The van der Waals surface area contributed by atoms with Crippen LogP contribution in [0.5, 0.6) is 0 Å². The van der Waals surface area contributed by atoms with E-state index in [4.69, 9.17) is 5.11 Å². The highest BCUT2D eigenvalue weighted by atomic mass is 32.2. The van der Waals surface area contributed by atoms with Gasteiger partial charge in [0.2, 0.25) is 10.0 Å². The van der Waals surface area contributed by atoms with Crippen LogP contribution in [0.1, 0.15) is 10.5 Å². The van der Waals surface area contributed by atoms with Crippen molar-refractivity contribution >= 4 is 21.8 Å². The van der Waals surface area contributed by atoms with Crippen molar-refractivity contribution in [1.82, 2.24) is 14.7 Å². The SMILES string of the molecule is CNS(=O)(=O)CCNc1nccnc1C(=O)O. The Morgan fingerprint density at radius 3 is 2.65 bits per heavy atom. The van der Waals surface area contributed by atoms with Crippen molar-refractivity contribution in [2.45, 2.75) is 0 Å². The summed E-state index contributed by atoms with van der Waals surface area (Å²) in [6, 6.07) is 0. The molecule has 0 saturated carbocycles. The summed E-state index contributed by atoms with van der Waals surface area (Å²) in [5.74, 6) is -1.36. The van der Waals surface area contributed by atoms with Gasteiger partial charge in [-0.15, -0.1) is 0 Å².